The van der Waals surface area contributed by atoms with E-state index in [4.69, 9.17) is 0 Å². The molecule has 0 saturated heterocycles. The fraction of sp³-hybridized carbons (Fsp3) is 0.417. The molecule has 0 radical (unpaired) electrons. The molecule has 1 aliphatic carbocycles. The molecule has 0 heterocycles. The van der Waals surface area contributed by atoms with Crippen molar-refractivity contribution in [2.24, 2.45) is 0 Å². The van der Waals surface area contributed by atoms with E-state index >= 15 is 0 Å². The lowest BCUT2D eigenvalue weighted by Crippen LogP contribution is -2.15. The number of rotatable bonds is 3. The normalized spacial score (nSPS) is 14.5. The van der Waals surface area contributed by atoms with Crippen LogP contribution in [-0.4, -0.2) is 19.1 Å². The molecule has 98 valence electrons. The van der Waals surface area contributed by atoms with Crippen molar-refractivity contribution in [3.8, 4) is 0 Å². The second kappa shape index (κ2) is 4.84. The number of esters is 1. The third-order valence-corrected chi connectivity index (χ3v) is 3.82. The minimum absolute atomic E-state index is 0.0239. The van der Waals surface area contributed by atoms with Crippen LogP contribution in [0.4, 0.5) is 14.5 Å². The van der Waals surface area contributed by atoms with E-state index in [0.717, 1.165) is 20.0 Å². The summed E-state index contributed by atoms with van der Waals surface area (Å²) in [4.78, 5) is 11.6. The number of methoxy groups -OCH3 is 1. The van der Waals surface area contributed by atoms with E-state index in [9.17, 15) is 13.6 Å². The van der Waals surface area contributed by atoms with E-state index in [1.807, 2.05) is 0 Å². The van der Waals surface area contributed by atoms with E-state index in [0.29, 0.717) is 11.3 Å². The molecule has 18 heavy (non-hydrogen) atoms. The summed E-state index contributed by atoms with van der Waals surface area (Å²) >= 11 is 2.99. The summed E-state index contributed by atoms with van der Waals surface area (Å²) in [5, 5.41) is 3.04. The van der Waals surface area contributed by atoms with Gasteiger partial charge in [-0.15, -0.1) is 0 Å². The number of carbonyl (C=O) groups excluding carboxylic acids is 1. The molecule has 0 amide bonds. The van der Waals surface area contributed by atoms with Gasteiger partial charge < -0.3 is 10.1 Å². The Balaban J connectivity index is 2.61. The number of hydrogen-bond acceptors (Lipinski definition) is 3. The summed E-state index contributed by atoms with van der Waals surface area (Å²) in [6.07, 6.45) is 1.91. The van der Waals surface area contributed by atoms with Crippen LogP contribution in [0.15, 0.2) is 4.47 Å². The lowest BCUT2D eigenvalue weighted by atomic mass is 10.1. The van der Waals surface area contributed by atoms with Crippen molar-refractivity contribution in [2.75, 3.05) is 12.4 Å². The zero-order valence-electron chi connectivity index (χ0n) is 9.94. The molecule has 0 bridgehead atoms. The second-order valence-corrected chi connectivity index (χ2v) is 5.02. The maximum Gasteiger partial charge on any atom is 0.343 e. The van der Waals surface area contributed by atoms with Gasteiger partial charge >= 0.3 is 5.97 Å². The van der Waals surface area contributed by atoms with Crippen LogP contribution >= 0.6 is 15.9 Å². The Bertz CT molecular complexity index is 516. The molecule has 1 fully saturated rings. The van der Waals surface area contributed by atoms with Gasteiger partial charge in [0.15, 0.2) is 11.6 Å². The van der Waals surface area contributed by atoms with E-state index in [-0.39, 0.29) is 16.1 Å². The summed E-state index contributed by atoms with van der Waals surface area (Å²) in [6.45, 7) is 1.61. The highest BCUT2D eigenvalue weighted by Gasteiger charge is 2.30. The Hall–Kier alpha value is -1.17. The smallest absolute Gasteiger partial charge is 0.343 e. The van der Waals surface area contributed by atoms with Crippen LogP contribution in [0.2, 0.25) is 0 Å². The molecule has 1 aliphatic rings. The van der Waals surface area contributed by atoms with Crippen molar-refractivity contribution >= 4 is 27.6 Å². The van der Waals surface area contributed by atoms with Crippen molar-refractivity contribution in [3.63, 3.8) is 0 Å². The lowest BCUT2D eigenvalue weighted by molar-refractivity contribution is 0.0595. The number of carbonyl (C=O) groups is 1. The molecule has 0 aliphatic heterocycles. The van der Waals surface area contributed by atoms with Gasteiger partial charge in [-0.25, -0.2) is 13.6 Å². The van der Waals surface area contributed by atoms with Crippen LogP contribution in [0.1, 0.15) is 28.8 Å². The number of ether oxygens (including phenoxy) is 1. The molecular weight excluding hydrogens is 308 g/mol. The standard InChI is InChI=1S/C12H12BrF2NO2/c1-5-8(13)10(15)9(14)7(12(17)18-2)11(5)16-6-3-4-6/h6,16H,3-4H2,1-2H3. The molecule has 0 spiro atoms. The molecular formula is C12H12BrF2NO2. The van der Waals surface area contributed by atoms with Gasteiger partial charge in [0.1, 0.15) is 5.56 Å². The number of hydrogen-bond donors (Lipinski definition) is 1. The van der Waals surface area contributed by atoms with Crippen LogP contribution in [0.25, 0.3) is 0 Å². The van der Waals surface area contributed by atoms with Gasteiger partial charge in [-0.3, -0.25) is 0 Å². The van der Waals surface area contributed by atoms with Crippen LogP contribution in [0.5, 0.6) is 0 Å². The molecule has 1 aromatic carbocycles. The van der Waals surface area contributed by atoms with Gasteiger partial charge in [-0.2, -0.15) is 0 Å². The van der Waals surface area contributed by atoms with Crippen molar-refractivity contribution in [1.29, 1.82) is 0 Å². The number of nitrogens with one attached hydrogen (secondary N) is 1. The van der Waals surface area contributed by atoms with E-state index in [1.54, 1.807) is 6.92 Å². The molecule has 3 nitrogen and oxygen atoms in total. The molecule has 2 rings (SSSR count). The molecule has 1 aromatic rings. The Morgan fingerprint density at radius 1 is 1.39 bits per heavy atom. The van der Waals surface area contributed by atoms with Crippen LogP contribution in [-0.2, 0) is 4.74 Å². The molecule has 0 atom stereocenters. The molecule has 0 aromatic heterocycles. The van der Waals surface area contributed by atoms with E-state index in [2.05, 4.69) is 26.0 Å². The Morgan fingerprint density at radius 2 is 2.00 bits per heavy atom. The highest BCUT2D eigenvalue weighted by atomic mass is 79.9. The topological polar surface area (TPSA) is 38.3 Å². The van der Waals surface area contributed by atoms with Crippen LogP contribution in [0.3, 0.4) is 0 Å². The minimum atomic E-state index is -1.19. The second-order valence-electron chi connectivity index (χ2n) is 4.23. The Kier molecular flexibility index (Phi) is 3.56. The third-order valence-electron chi connectivity index (χ3n) is 2.87. The third kappa shape index (κ3) is 2.21. The monoisotopic (exact) mass is 319 g/mol. The first-order valence-corrected chi connectivity index (χ1v) is 6.28. The summed E-state index contributed by atoms with van der Waals surface area (Å²) in [5.41, 5.74) is 0.388. The maximum absolute atomic E-state index is 13.9. The fourth-order valence-electron chi connectivity index (χ4n) is 1.68. The SMILES string of the molecule is COC(=O)c1c(F)c(F)c(Br)c(C)c1NC1CC1. The van der Waals surface area contributed by atoms with Gasteiger partial charge in [0.25, 0.3) is 0 Å². The predicted octanol–water partition coefficient (Wildman–Crippen LogP) is 3.40. The first-order valence-electron chi connectivity index (χ1n) is 5.49. The summed E-state index contributed by atoms with van der Waals surface area (Å²) in [6, 6.07) is 0.212. The van der Waals surface area contributed by atoms with Crippen molar-refractivity contribution in [1.82, 2.24) is 0 Å². The molecule has 1 saturated carbocycles. The van der Waals surface area contributed by atoms with Gasteiger partial charge in [0, 0.05) is 6.04 Å². The average molecular weight is 320 g/mol. The minimum Gasteiger partial charge on any atom is -0.465 e. The van der Waals surface area contributed by atoms with E-state index in [1.165, 1.54) is 0 Å². The number of anilines is 1. The summed E-state index contributed by atoms with van der Waals surface area (Å²) < 4.78 is 32.0. The number of benzene rings is 1. The van der Waals surface area contributed by atoms with Crippen LogP contribution < -0.4 is 5.32 Å². The van der Waals surface area contributed by atoms with Crippen LogP contribution in [0, 0.1) is 18.6 Å². The average Bonchev–Trinajstić information content (AvgIpc) is 3.17. The molecule has 0 unspecified atom stereocenters. The van der Waals surface area contributed by atoms with Crippen molar-refractivity contribution in [2.45, 2.75) is 25.8 Å². The lowest BCUT2D eigenvalue weighted by Gasteiger charge is -2.16. The highest BCUT2D eigenvalue weighted by Crippen LogP contribution is 2.36. The van der Waals surface area contributed by atoms with Crippen molar-refractivity contribution in [3.05, 3.63) is 27.2 Å². The van der Waals surface area contributed by atoms with Crippen molar-refractivity contribution < 1.29 is 18.3 Å². The van der Waals surface area contributed by atoms with Gasteiger partial charge in [0.2, 0.25) is 0 Å². The zero-order valence-corrected chi connectivity index (χ0v) is 11.5. The first-order chi connectivity index (χ1) is 8.47. The Labute approximate surface area is 112 Å². The Morgan fingerprint density at radius 3 is 2.50 bits per heavy atom. The highest BCUT2D eigenvalue weighted by molar-refractivity contribution is 9.10. The summed E-state index contributed by atoms with van der Waals surface area (Å²) in [5.74, 6) is -3.15. The number of halogens is 3. The first kappa shape index (κ1) is 13.3. The summed E-state index contributed by atoms with van der Waals surface area (Å²) in [7, 11) is 1.14. The van der Waals surface area contributed by atoms with E-state index < -0.39 is 17.6 Å². The van der Waals surface area contributed by atoms with Gasteiger partial charge in [-0.05, 0) is 41.3 Å². The molecule has 1 N–H and O–H groups in total. The zero-order chi connectivity index (χ0) is 13.4. The largest absolute Gasteiger partial charge is 0.465 e. The van der Waals surface area contributed by atoms with Gasteiger partial charge in [0.05, 0.1) is 17.3 Å². The predicted molar refractivity (Wildman–Crippen MR) is 66.8 cm³/mol. The molecule has 6 heteroatoms. The maximum atomic E-state index is 13.9. The fourth-order valence-corrected chi connectivity index (χ4v) is 2.06. The van der Waals surface area contributed by atoms with Gasteiger partial charge in [-0.1, -0.05) is 0 Å². The quantitative estimate of drug-likeness (QED) is 0.685.